The minimum absolute atomic E-state index is 0.120. The van der Waals surface area contributed by atoms with Crippen LogP contribution in [0.15, 0.2) is 36.4 Å². The van der Waals surface area contributed by atoms with Gasteiger partial charge in [0.1, 0.15) is 18.1 Å². The number of carbonyl (C=O) groups is 2. The van der Waals surface area contributed by atoms with Crippen LogP contribution < -0.4 is 4.74 Å². The Balaban J connectivity index is 0. The van der Waals surface area contributed by atoms with Gasteiger partial charge in [-0.3, -0.25) is 0 Å². The molecule has 0 aliphatic carbocycles. The number of hydrogen-bond donors (Lipinski definition) is 4. The van der Waals surface area contributed by atoms with Crippen molar-refractivity contribution in [2.24, 2.45) is 0 Å². The molecule has 0 atom stereocenters. The summed E-state index contributed by atoms with van der Waals surface area (Å²) in [7, 11) is 4.28. The highest BCUT2D eigenvalue weighted by Gasteiger charge is 2.06. The molecular weight excluding hydrogens is 564 g/mol. The second-order valence-corrected chi connectivity index (χ2v) is 8.23. The van der Waals surface area contributed by atoms with Crippen molar-refractivity contribution in [3.63, 3.8) is 0 Å². The third-order valence-corrected chi connectivity index (χ3v) is 4.84. The van der Waals surface area contributed by atoms with Gasteiger partial charge in [0.2, 0.25) is 0 Å². The molecule has 2 aromatic rings. The number of hydrogen-bond acceptors (Lipinski definition) is 8. The molecule has 10 nitrogen and oxygen atoms in total. The molecule has 3 rings (SSSR count). The number of aromatic hydroxyl groups is 1. The van der Waals surface area contributed by atoms with E-state index in [2.05, 4.69) is 20.7 Å². The molecule has 216 valence electrons. The van der Waals surface area contributed by atoms with Crippen molar-refractivity contribution in [2.45, 2.75) is 26.7 Å². The van der Waals surface area contributed by atoms with E-state index >= 15 is 0 Å². The SMILES string of the molecule is C1CCOC1.CO.COCCBr.COCCOc1ccc(C(=O)O)cc1C.Cc1cc(C(=O)O)ccc1O. The maximum atomic E-state index is 10.7. The monoisotopic (exact) mass is 604 g/mol. The summed E-state index contributed by atoms with van der Waals surface area (Å²) >= 11 is 3.18. The van der Waals surface area contributed by atoms with Crippen LogP contribution in [0.2, 0.25) is 0 Å². The summed E-state index contributed by atoms with van der Waals surface area (Å²) < 4.78 is 19.8. The van der Waals surface area contributed by atoms with E-state index in [1.807, 2.05) is 6.92 Å². The number of phenolic OH excluding ortho intramolecular Hbond substituents is 1. The average molecular weight is 606 g/mol. The number of methoxy groups -OCH3 is 2. The minimum atomic E-state index is -0.979. The van der Waals surface area contributed by atoms with E-state index in [4.69, 9.17) is 34.6 Å². The Kier molecular flexibility index (Phi) is 24.3. The molecule has 4 N–H and O–H groups in total. The molecule has 1 heterocycles. The van der Waals surface area contributed by atoms with Gasteiger partial charge in [0.25, 0.3) is 0 Å². The quantitative estimate of drug-likeness (QED) is 0.249. The fourth-order valence-corrected chi connectivity index (χ4v) is 2.88. The van der Waals surface area contributed by atoms with Gasteiger partial charge in [-0.2, -0.15) is 0 Å². The first-order chi connectivity index (χ1) is 18.2. The first kappa shape index (κ1) is 37.5. The molecule has 1 aliphatic rings. The molecule has 11 heteroatoms. The first-order valence-electron chi connectivity index (χ1n) is 11.7. The highest BCUT2D eigenvalue weighted by Crippen LogP contribution is 2.19. The van der Waals surface area contributed by atoms with E-state index in [9.17, 15) is 9.59 Å². The predicted octanol–water partition coefficient (Wildman–Crippen LogP) is 4.55. The third kappa shape index (κ3) is 18.5. The first-order valence-corrected chi connectivity index (χ1v) is 12.9. The Bertz CT molecular complexity index is 892. The van der Waals surface area contributed by atoms with Crippen LogP contribution in [-0.4, -0.2) is 92.1 Å². The van der Waals surface area contributed by atoms with E-state index in [-0.39, 0.29) is 16.9 Å². The maximum absolute atomic E-state index is 10.7. The molecule has 1 aliphatic heterocycles. The molecule has 0 amide bonds. The van der Waals surface area contributed by atoms with E-state index in [1.165, 1.54) is 37.1 Å². The van der Waals surface area contributed by atoms with Crippen molar-refractivity contribution in [1.82, 2.24) is 0 Å². The fourth-order valence-electron chi connectivity index (χ4n) is 2.56. The van der Waals surface area contributed by atoms with Gasteiger partial charge in [0, 0.05) is 39.9 Å². The third-order valence-electron chi connectivity index (χ3n) is 4.52. The van der Waals surface area contributed by atoms with Crippen LogP contribution in [0.5, 0.6) is 11.5 Å². The number of aliphatic hydroxyl groups excluding tert-OH is 1. The largest absolute Gasteiger partial charge is 0.508 e. The van der Waals surface area contributed by atoms with E-state index in [1.54, 1.807) is 33.3 Å². The minimum Gasteiger partial charge on any atom is -0.508 e. The molecular formula is C27H41BrO10. The van der Waals surface area contributed by atoms with Gasteiger partial charge >= 0.3 is 11.9 Å². The molecule has 0 aromatic heterocycles. The van der Waals surface area contributed by atoms with Crippen LogP contribution in [0, 0.1) is 13.8 Å². The summed E-state index contributed by atoms with van der Waals surface area (Å²) in [6, 6.07) is 8.94. The maximum Gasteiger partial charge on any atom is 0.335 e. The van der Waals surface area contributed by atoms with Gasteiger partial charge in [-0.1, -0.05) is 15.9 Å². The molecule has 0 saturated carbocycles. The van der Waals surface area contributed by atoms with Crippen LogP contribution in [0.1, 0.15) is 44.7 Å². The zero-order valence-electron chi connectivity index (χ0n) is 22.7. The normalized spacial score (nSPS) is 11.1. The Labute approximate surface area is 233 Å². The number of aromatic carboxylic acids is 2. The van der Waals surface area contributed by atoms with Crippen molar-refractivity contribution in [1.29, 1.82) is 0 Å². The predicted molar refractivity (Wildman–Crippen MR) is 149 cm³/mol. The lowest BCUT2D eigenvalue weighted by Gasteiger charge is -2.08. The van der Waals surface area contributed by atoms with Gasteiger partial charge in [0.05, 0.1) is 24.3 Å². The number of phenols is 1. The topological polar surface area (TPSA) is 152 Å². The number of ether oxygens (including phenoxy) is 4. The summed E-state index contributed by atoms with van der Waals surface area (Å²) in [5.74, 6) is -1.10. The molecule has 38 heavy (non-hydrogen) atoms. The fraction of sp³-hybridized carbons (Fsp3) is 0.481. The van der Waals surface area contributed by atoms with Crippen molar-refractivity contribution >= 4 is 27.9 Å². The summed E-state index contributed by atoms with van der Waals surface area (Å²) in [5, 5.41) is 34.2. The van der Waals surface area contributed by atoms with Gasteiger partial charge in [0.15, 0.2) is 0 Å². The second kappa shape index (κ2) is 24.6. The summed E-state index contributed by atoms with van der Waals surface area (Å²) in [6.07, 6.45) is 2.56. The standard InChI is InChI=1S/C11H14O4.C8H8O3.C4H8O.C3H7BrO.CH4O/c1-8-7-9(11(12)13)3-4-10(8)15-6-5-14-2;1-5-4-6(8(10)11)2-3-7(5)9;1-2-4-5-3-1;1-5-3-2-4;1-2/h3-4,7H,5-6H2,1-2H3,(H,12,13);2-4,9H,1H3,(H,10,11);1-4H2;2-3H2,1H3;2H,1H3. The summed E-state index contributed by atoms with van der Waals surface area (Å²) in [4.78, 5) is 21.0. The van der Waals surface area contributed by atoms with Crippen molar-refractivity contribution in [2.75, 3.05) is 59.7 Å². The van der Waals surface area contributed by atoms with E-state index in [0.29, 0.717) is 24.5 Å². The molecule has 0 bridgehead atoms. The summed E-state index contributed by atoms with van der Waals surface area (Å²) in [5.41, 5.74) is 1.85. The Hall–Kier alpha value is -2.70. The number of rotatable bonds is 8. The number of benzene rings is 2. The number of alkyl halides is 1. The van der Waals surface area contributed by atoms with Crippen LogP contribution in [-0.2, 0) is 14.2 Å². The molecule has 1 saturated heterocycles. The van der Waals surface area contributed by atoms with Gasteiger partial charge < -0.3 is 39.4 Å². The Morgan fingerprint density at radius 3 is 1.68 bits per heavy atom. The Morgan fingerprint density at radius 1 is 0.842 bits per heavy atom. The number of aliphatic hydroxyl groups is 1. The smallest absolute Gasteiger partial charge is 0.335 e. The van der Waals surface area contributed by atoms with Gasteiger partial charge in [-0.05, 0) is 74.2 Å². The van der Waals surface area contributed by atoms with E-state index < -0.39 is 11.9 Å². The highest BCUT2D eigenvalue weighted by atomic mass is 79.9. The molecule has 1 fully saturated rings. The lowest BCUT2D eigenvalue weighted by molar-refractivity contribution is 0.0686. The molecule has 0 unspecified atom stereocenters. The Morgan fingerprint density at radius 2 is 1.34 bits per heavy atom. The number of carboxylic acids is 2. The molecule has 0 spiro atoms. The summed E-state index contributed by atoms with van der Waals surface area (Å²) in [6.45, 7) is 7.25. The van der Waals surface area contributed by atoms with Crippen LogP contribution in [0.4, 0.5) is 0 Å². The molecule has 0 radical (unpaired) electrons. The zero-order valence-corrected chi connectivity index (χ0v) is 24.3. The number of halogens is 1. The van der Waals surface area contributed by atoms with Crippen LogP contribution in [0.25, 0.3) is 0 Å². The van der Waals surface area contributed by atoms with Crippen LogP contribution >= 0.6 is 15.9 Å². The van der Waals surface area contributed by atoms with Crippen molar-refractivity contribution < 1.29 is 49.0 Å². The van der Waals surface area contributed by atoms with Gasteiger partial charge in [-0.25, -0.2) is 9.59 Å². The number of aryl methyl sites for hydroxylation is 2. The highest BCUT2D eigenvalue weighted by molar-refractivity contribution is 9.09. The van der Waals surface area contributed by atoms with Crippen molar-refractivity contribution in [3.05, 3.63) is 58.7 Å². The van der Waals surface area contributed by atoms with Gasteiger partial charge in [-0.15, -0.1) is 0 Å². The van der Waals surface area contributed by atoms with Crippen LogP contribution in [0.3, 0.4) is 0 Å². The van der Waals surface area contributed by atoms with E-state index in [0.717, 1.165) is 37.8 Å². The lowest BCUT2D eigenvalue weighted by atomic mass is 10.1. The lowest BCUT2D eigenvalue weighted by Crippen LogP contribution is -2.06. The second-order valence-electron chi connectivity index (χ2n) is 7.43. The zero-order chi connectivity index (χ0) is 29.3. The average Bonchev–Trinajstić information content (AvgIpc) is 3.49. The molecule has 2 aromatic carbocycles. The van der Waals surface area contributed by atoms with Crippen molar-refractivity contribution in [3.8, 4) is 11.5 Å². The number of carboxylic acid groups (broad SMARTS) is 2.